The minimum atomic E-state index is -1.12. The van der Waals surface area contributed by atoms with Gasteiger partial charge in [-0.1, -0.05) is 18.2 Å². The molecule has 0 radical (unpaired) electrons. The Kier molecular flexibility index (Phi) is 5.00. The fourth-order valence-electron chi connectivity index (χ4n) is 2.72. The van der Waals surface area contributed by atoms with Gasteiger partial charge in [0.2, 0.25) is 0 Å². The Labute approximate surface area is 162 Å². The molecule has 0 spiro atoms. The van der Waals surface area contributed by atoms with Crippen LogP contribution in [0.15, 0.2) is 42.7 Å². The number of para-hydroxylation sites is 1. The standard InChI is InChI=1S/C21H21N3O4/c1-12-5-4-6-13-7-14(9-22-17(12)13)15-8-16(25)18(23-10-15)19(26)24-11-21(2,3)20(27)28/h4-10,25H,11H2,1-3H3,(H,24,26)(H,27,28). The van der Waals surface area contributed by atoms with Crippen molar-refractivity contribution in [3.05, 3.63) is 54.0 Å². The number of hydrogen-bond acceptors (Lipinski definition) is 5. The lowest BCUT2D eigenvalue weighted by Gasteiger charge is -2.19. The molecule has 3 aromatic rings. The van der Waals surface area contributed by atoms with Crippen molar-refractivity contribution < 1.29 is 19.8 Å². The fraction of sp³-hybridized carbons (Fsp3) is 0.238. The summed E-state index contributed by atoms with van der Waals surface area (Å²) in [6.07, 6.45) is 3.18. The third kappa shape index (κ3) is 3.78. The summed E-state index contributed by atoms with van der Waals surface area (Å²) in [6, 6.07) is 9.29. The van der Waals surface area contributed by atoms with Crippen LogP contribution in [0.2, 0.25) is 0 Å². The number of rotatable bonds is 5. The van der Waals surface area contributed by atoms with Crippen LogP contribution < -0.4 is 5.32 Å². The summed E-state index contributed by atoms with van der Waals surface area (Å²) in [4.78, 5) is 31.9. The lowest BCUT2D eigenvalue weighted by Crippen LogP contribution is -2.39. The second kappa shape index (κ2) is 7.26. The molecule has 1 aromatic carbocycles. The van der Waals surface area contributed by atoms with Crippen molar-refractivity contribution in [1.82, 2.24) is 15.3 Å². The summed E-state index contributed by atoms with van der Waals surface area (Å²) in [5.41, 5.74) is 2.08. The summed E-state index contributed by atoms with van der Waals surface area (Å²) in [5.74, 6) is -1.95. The van der Waals surface area contributed by atoms with Crippen molar-refractivity contribution in [2.45, 2.75) is 20.8 Å². The Morgan fingerprint density at radius 2 is 1.79 bits per heavy atom. The average Bonchev–Trinajstić information content (AvgIpc) is 2.66. The molecule has 7 nitrogen and oxygen atoms in total. The van der Waals surface area contributed by atoms with Crippen LogP contribution in [0.5, 0.6) is 5.75 Å². The molecule has 0 saturated carbocycles. The zero-order chi connectivity index (χ0) is 20.5. The van der Waals surface area contributed by atoms with Crippen LogP contribution in [0.3, 0.4) is 0 Å². The summed E-state index contributed by atoms with van der Waals surface area (Å²) in [6.45, 7) is 4.90. The van der Waals surface area contributed by atoms with Crippen molar-refractivity contribution in [2.75, 3.05) is 6.54 Å². The highest BCUT2D eigenvalue weighted by molar-refractivity contribution is 5.96. The van der Waals surface area contributed by atoms with E-state index in [2.05, 4.69) is 15.3 Å². The molecular weight excluding hydrogens is 358 g/mol. The van der Waals surface area contributed by atoms with Gasteiger partial charge < -0.3 is 15.5 Å². The third-order valence-electron chi connectivity index (χ3n) is 4.60. The van der Waals surface area contributed by atoms with Gasteiger partial charge in [0.15, 0.2) is 5.69 Å². The molecule has 0 saturated heterocycles. The summed E-state index contributed by atoms with van der Waals surface area (Å²) < 4.78 is 0. The first-order chi connectivity index (χ1) is 13.2. The van der Waals surface area contributed by atoms with Gasteiger partial charge in [0, 0.05) is 35.5 Å². The molecule has 0 aliphatic rings. The molecule has 0 atom stereocenters. The number of aromatic nitrogens is 2. The molecule has 2 heterocycles. The smallest absolute Gasteiger partial charge is 0.310 e. The largest absolute Gasteiger partial charge is 0.505 e. The zero-order valence-corrected chi connectivity index (χ0v) is 15.9. The SMILES string of the molecule is Cc1cccc2cc(-c3cnc(C(=O)NCC(C)(C)C(=O)O)c(O)c3)cnc12. The maximum atomic E-state index is 12.3. The van der Waals surface area contributed by atoms with E-state index in [-0.39, 0.29) is 18.0 Å². The molecular formula is C21H21N3O4. The van der Waals surface area contributed by atoms with Crippen molar-refractivity contribution in [3.63, 3.8) is 0 Å². The lowest BCUT2D eigenvalue weighted by atomic mass is 9.94. The number of nitrogens with one attached hydrogen (secondary N) is 1. The lowest BCUT2D eigenvalue weighted by molar-refractivity contribution is -0.146. The van der Waals surface area contributed by atoms with Crippen molar-refractivity contribution in [1.29, 1.82) is 0 Å². The number of benzene rings is 1. The topological polar surface area (TPSA) is 112 Å². The number of aryl methyl sites for hydroxylation is 1. The van der Waals surface area contributed by atoms with Gasteiger partial charge in [0.05, 0.1) is 10.9 Å². The molecule has 0 fully saturated rings. The first-order valence-electron chi connectivity index (χ1n) is 8.75. The van der Waals surface area contributed by atoms with E-state index < -0.39 is 17.3 Å². The number of aromatic hydroxyl groups is 1. The fourth-order valence-corrected chi connectivity index (χ4v) is 2.72. The van der Waals surface area contributed by atoms with Gasteiger partial charge >= 0.3 is 5.97 Å². The number of amides is 1. The van der Waals surface area contributed by atoms with E-state index in [1.807, 2.05) is 31.2 Å². The molecule has 0 aliphatic heterocycles. The Hall–Kier alpha value is -3.48. The molecule has 144 valence electrons. The van der Waals surface area contributed by atoms with Crippen LogP contribution in [0.25, 0.3) is 22.0 Å². The highest BCUT2D eigenvalue weighted by Crippen LogP contribution is 2.27. The number of pyridine rings is 2. The number of aliphatic carboxylic acids is 1. The Morgan fingerprint density at radius 1 is 1.11 bits per heavy atom. The van der Waals surface area contributed by atoms with Crippen LogP contribution in [0.1, 0.15) is 29.9 Å². The minimum absolute atomic E-state index is 0.0853. The second-order valence-corrected chi connectivity index (χ2v) is 7.33. The summed E-state index contributed by atoms with van der Waals surface area (Å²) in [5, 5.41) is 22.8. The van der Waals surface area contributed by atoms with E-state index in [1.54, 1.807) is 6.20 Å². The predicted molar refractivity (Wildman–Crippen MR) is 105 cm³/mol. The van der Waals surface area contributed by atoms with Gasteiger partial charge in [-0.15, -0.1) is 0 Å². The van der Waals surface area contributed by atoms with Gasteiger partial charge in [-0.05, 0) is 38.5 Å². The number of carbonyl (C=O) groups is 2. The number of fused-ring (bicyclic) bond motifs is 1. The Balaban J connectivity index is 1.84. The normalized spacial score (nSPS) is 11.4. The number of carboxylic acid groups (broad SMARTS) is 1. The highest BCUT2D eigenvalue weighted by atomic mass is 16.4. The van der Waals surface area contributed by atoms with Gasteiger partial charge in [-0.2, -0.15) is 0 Å². The van der Waals surface area contributed by atoms with Crippen LogP contribution in [-0.4, -0.2) is 38.6 Å². The monoisotopic (exact) mass is 379 g/mol. The van der Waals surface area contributed by atoms with E-state index in [1.165, 1.54) is 26.1 Å². The molecule has 0 bridgehead atoms. The average molecular weight is 379 g/mol. The van der Waals surface area contributed by atoms with E-state index >= 15 is 0 Å². The molecule has 3 N–H and O–H groups in total. The highest BCUT2D eigenvalue weighted by Gasteiger charge is 2.28. The molecule has 3 rings (SSSR count). The first-order valence-corrected chi connectivity index (χ1v) is 8.75. The molecule has 2 aromatic heterocycles. The molecule has 0 aliphatic carbocycles. The Morgan fingerprint density at radius 3 is 2.46 bits per heavy atom. The molecule has 28 heavy (non-hydrogen) atoms. The van der Waals surface area contributed by atoms with E-state index in [4.69, 9.17) is 5.11 Å². The number of hydrogen-bond donors (Lipinski definition) is 3. The van der Waals surface area contributed by atoms with Crippen LogP contribution in [0, 0.1) is 12.3 Å². The number of nitrogens with zero attached hydrogens (tertiary/aromatic N) is 2. The molecule has 1 amide bonds. The van der Waals surface area contributed by atoms with E-state index in [0.717, 1.165) is 22.0 Å². The zero-order valence-electron chi connectivity index (χ0n) is 15.9. The summed E-state index contributed by atoms with van der Waals surface area (Å²) >= 11 is 0. The van der Waals surface area contributed by atoms with Gasteiger partial charge in [-0.25, -0.2) is 4.98 Å². The van der Waals surface area contributed by atoms with E-state index in [9.17, 15) is 14.7 Å². The van der Waals surface area contributed by atoms with Crippen molar-refractivity contribution in [2.24, 2.45) is 5.41 Å². The maximum Gasteiger partial charge on any atom is 0.310 e. The van der Waals surface area contributed by atoms with Gasteiger partial charge in [0.25, 0.3) is 5.91 Å². The van der Waals surface area contributed by atoms with Crippen LogP contribution >= 0.6 is 0 Å². The summed E-state index contributed by atoms with van der Waals surface area (Å²) in [7, 11) is 0. The first kappa shape index (κ1) is 19.3. The van der Waals surface area contributed by atoms with Crippen LogP contribution in [-0.2, 0) is 4.79 Å². The second-order valence-electron chi connectivity index (χ2n) is 7.33. The molecule has 0 unspecified atom stereocenters. The number of carbonyl (C=O) groups excluding carboxylic acids is 1. The number of carboxylic acids is 1. The predicted octanol–water partition coefficient (Wildman–Crippen LogP) is 3.15. The van der Waals surface area contributed by atoms with Crippen molar-refractivity contribution >= 4 is 22.8 Å². The maximum absolute atomic E-state index is 12.3. The van der Waals surface area contributed by atoms with E-state index in [0.29, 0.717) is 5.56 Å². The molecule has 7 heteroatoms. The van der Waals surface area contributed by atoms with Gasteiger partial charge in [-0.3, -0.25) is 14.6 Å². The third-order valence-corrected chi connectivity index (χ3v) is 4.60. The van der Waals surface area contributed by atoms with Crippen molar-refractivity contribution in [3.8, 4) is 16.9 Å². The Bertz CT molecular complexity index is 1080. The minimum Gasteiger partial charge on any atom is -0.505 e. The quantitative estimate of drug-likeness (QED) is 0.628. The van der Waals surface area contributed by atoms with Crippen LogP contribution in [0.4, 0.5) is 0 Å². The van der Waals surface area contributed by atoms with Gasteiger partial charge in [0.1, 0.15) is 5.75 Å².